The second kappa shape index (κ2) is 7.32. The highest BCUT2D eigenvalue weighted by Crippen LogP contribution is 2.24. The first-order valence-electron chi connectivity index (χ1n) is 7.58. The van der Waals surface area contributed by atoms with E-state index in [2.05, 4.69) is 35.7 Å². The highest BCUT2D eigenvalue weighted by Gasteiger charge is 2.03. The summed E-state index contributed by atoms with van der Waals surface area (Å²) in [7, 11) is 1.68. The summed E-state index contributed by atoms with van der Waals surface area (Å²) in [6, 6.07) is 28.5. The van der Waals surface area contributed by atoms with E-state index in [4.69, 9.17) is 4.74 Å². The van der Waals surface area contributed by atoms with E-state index in [1.165, 1.54) is 0 Å². The van der Waals surface area contributed by atoms with Crippen LogP contribution in [0.2, 0.25) is 0 Å². The number of benzene rings is 3. The lowest BCUT2D eigenvalue weighted by molar-refractivity contribution is 0.415. The lowest BCUT2D eigenvalue weighted by Crippen LogP contribution is -1.99. The standard InChI is InChI=1S/C21H19NO/c1-23-20-14-8-13-19(16-20)22-21(18-11-6-3-7-12-18)15-17-9-4-2-5-10-17/h2-16,22H,1H3/b21-15+. The Kier molecular flexibility index (Phi) is 4.75. The topological polar surface area (TPSA) is 21.3 Å². The first kappa shape index (κ1) is 14.9. The molecular formula is C21H19NO. The fourth-order valence-electron chi connectivity index (χ4n) is 2.38. The second-order valence-electron chi connectivity index (χ2n) is 5.19. The predicted molar refractivity (Wildman–Crippen MR) is 97.4 cm³/mol. The molecule has 0 aliphatic rings. The quantitative estimate of drug-likeness (QED) is 0.645. The third-order valence-corrected chi connectivity index (χ3v) is 3.54. The first-order valence-corrected chi connectivity index (χ1v) is 7.58. The van der Waals surface area contributed by atoms with Crippen molar-refractivity contribution in [1.29, 1.82) is 0 Å². The minimum atomic E-state index is 0.835. The molecule has 3 aromatic carbocycles. The molecule has 23 heavy (non-hydrogen) atoms. The van der Waals surface area contributed by atoms with Crippen LogP contribution >= 0.6 is 0 Å². The summed E-state index contributed by atoms with van der Waals surface area (Å²) in [5.41, 5.74) is 4.33. The molecule has 2 heteroatoms. The molecule has 0 spiro atoms. The Morgan fingerprint density at radius 3 is 2.22 bits per heavy atom. The van der Waals surface area contributed by atoms with E-state index in [9.17, 15) is 0 Å². The van der Waals surface area contributed by atoms with Crippen LogP contribution in [-0.4, -0.2) is 7.11 Å². The molecule has 0 aliphatic heterocycles. The van der Waals surface area contributed by atoms with Gasteiger partial charge in [-0.25, -0.2) is 0 Å². The fraction of sp³-hybridized carbons (Fsp3) is 0.0476. The van der Waals surface area contributed by atoms with Gasteiger partial charge in [0.2, 0.25) is 0 Å². The van der Waals surface area contributed by atoms with E-state index in [0.717, 1.165) is 28.3 Å². The monoisotopic (exact) mass is 301 g/mol. The lowest BCUT2D eigenvalue weighted by atomic mass is 10.1. The molecule has 0 atom stereocenters. The van der Waals surface area contributed by atoms with Crippen molar-refractivity contribution < 1.29 is 4.74 Å². The van der Waals surface area contributed by atoms with Crippen molar-refractivity contribution in [2.45, 2.75) is 0 Å². The van der Waals surface area contributed by atoms with E-state index in [0.29, 0.717) is 0 Å². The average Bonchev–Trinajstić information content (AvgIpc) is 2.63. The lowest BCUT2D eigenvalue weighted by Gasteiger charge is -2.13. The van der Waals surface area contributed by atoms with Crippen LogP contribution in [-0.2, 0) is 0 Å². The van der Waals surface area contributed by atoms with E-state index < -0.39 is 0 Å². The number of nitrogens with one attached hydrogen (secondary N) is 1. The molecule has 0 radical (unpaired) electrons. The molecule has 3 rings (SSSR count). The van der Waals surface area contributed by atoms with Gasteiger partial charge in [-0.1, -0.05) is 66.7 Å². The Hall–Kier alpha value is -3.00. The zero-order valence-electron chi connectivity index (χ0n) is 13.1. The van der Waals surface area contributed by atoms with E-state index in [1.807, 2.05) is 60.7 Å². The number of anilines is 1. The predicted octanol–water partition coefficient (Wildman–Crippen LogP) is 5.31. The molecule has 0 fully saturated rings. The highest BCUT2D eigenvalue weighted by molar-refractivity contribution is 5.88. The number of ether oxygens (including phenoxy) is 1. The highest BCUT2D eigenvalue weighted by atomic mass is 16.5. The van der Waals surface area contributed by atoms with Gasteiger partial charge in [0, 0.05) is 17.5 Å². The van der Waals surface area contributed by atoms with Crippen molar-refractivity contribution in [1.82, 2.24) is 0 Å². The second-order valence-corrected chi connectivity index (χ2v) is 5.19. The van der Waals surface area contributed by atoms with Gasteiger partial charge >= 0.3 is 0 Å². The van der Waals surface area contributed by atoms with Gasteiger partial charge in [-0.15, -0.1) is 0 Å². The van der Waals surface area contributed by atoms with Crippen LogP contribution in [0.3, 0.4) is 0 Å². The zero-order chi connectivity index (χ0) is 15.9. The normalized spacial score (nSPS) is 11.1. The summed E-state index contributed by atoms with van der Waals surface area (Å²) in [5, 5.41) is 3.50. The van der Waals surface area contributed by atoms with Gasteiger partial charge in [0.05, 0.1) is 7.11 Å². The maximum Gasteiger partial charge on any atom is 0.120 e. The maximum absolute atomic E-state index is 5.30. The van der Waals surface area contributed by atoms with E-state index in [1.54, 1.807) is 7.11 Å². The van der Waals surface area contributed by atoms with Crippen molar-refractivity contribution in [3.63, 3.8) is 0 Å². The molecule has 0 aromatic heterocycles. The Morgan fingerprint density at radius 2 is 1.52 bits per heavy atom. The third kappa shape index (κ3) is 4.01. The van der Waals surface area contributed by atoms with Crippen LogP contribution in [0.4, 0.5) is 5.69 Å². The third-order valence-electron chi connectivity index (χ3n) is 3.54. The van der Waals surface area contributed by atoms with E-state index >= 15 is 0 Å². The van der Waals surface area contributed by atoms with Gasteiger partial charge in [-0.3, -0.25) is 0 Å². The molecule has 0 aliphatic carbocycles. The van der Waals surface area contributed by atoms with Gasteiger partial charge in [-0.05, 0) is 29.3 Å². The number of hydrogen-bond acceptors (Lipinski definition) is 2. The van der Waals surface area contributed by atoms with Crippen molar-refractivity contribution in [3.05, 3.63) is 96.1 Å². The van der Waals surface area contributed by atoms with Crippen LogP contribution in [0.5, 0.6) is 5.75 Å². The average molecular weight is 301 g/mol. The number of hydrogen-bond donors (Lipinski definition) is 1. The molecule has 0 unspecified atom stereocenters. The zero-order valence-corrected chi connectivity index (χ0v) is 13.1. The first-order chi connectivity index (χ1) is 11.3. The Labute approximate surface area is 137 Å². The maximum atomic E-state index is 5.30. The van der Waals surface area contributed by atoms with Crippen molar-refractivity contribution >= 4 is 17.5 Å². The molecule has 114 valence electrons. The molecule has 0 heterocycles. The molecule has 1 N–H and O–H groups in total. The Morgan fingerprint density at radius 1 is 0.826 bits per heavy atom. The fourth-order valence-corrected chi connectivity index (χ4v) is 2.38. The van der Waals surface area contributed by atoms with Crippen molar-refractivity contribution in [2.75, 3.05) is 12.4 Å². The summed E-state index contributed by atoms with van der Waals surface area (Å²) in [5.74, 6) is 0.835. The van der Waals surface area contributed by atoms with Gasteiger partial charge in [0.25, 0.3) is 0 Å². The summed E-state index contributed by atoms with van der Waals surface area (Å²) < 4.78 is 5.30. The summed E-state index contributed by atoms with van der Waals surface area (Å²) in [6.45, 7) is 0. The van der Waals surface area contributed by atoms with E-state index in [-0.39, 0.29) is 0 Å². The molecule has 3 aromatic rings. The molecule has 0 saturated carbocycles. The van der Waals surface area contributed by atoms with Crippen molar-refractivity contribution in [3.8, 4) is 5.75 Å². The molecule has 0 bridgehead atoms. The summed E-state index contributed by atoms with van der Waals surface area (Å²) in [4.78, 5) is 0. The molecule has 0 amide bonds. The Balaban J connectivity index is 1.97. The van der Waals surface area contributed by atoms with Crippen LogP contribution < -0.4 is 10.1 Å². The molecular weight excluding hydrogens is 282 g/mol. The minimum absolute atomic E-state index is 0.835. The largest absolute Gasteiger partial charge is 0.497 e. The Bertz CT molecular complexity index is 779. The van der Waals surface area contributed by atoms with Crippen molar-refractivity contribution in [2.24, 2.45) is 0 Å². The van der Waals surface area contributed by atoms with Crippen LogP contribution in [0.1, 0.15) is 11.1 Å². The van der Waals surface area contributed by atoms with Gasteiger partial charge in [0.15, 0.2) is 0 Å². The molecule has 2 nitrogen and oxygen atoms in total. The smallest absolute Gasteiger partial charge is 0.120 e. The number of rotatable bonds is 5. The van der Waals surface area contributed by atoms with Crippen LogP contribution in [0.25, 0.3) is 11.8 Å². The SMILES string of the molecule is COc1cccc(N/C(=C/c2ccccc2)c2ccccc2)c1. The van der Waals surface area contributed by atoms with Gasteiger partial charge in [0.1, 0.15) is 5.75 Å². The van der Waals surface area contributed by atoms with Gasteiger partial charge in [-0.2, -0.15) is 0 Å². The minimum Gasteiger partial charge on any atom is -0.497 e. The molecule has 0 saturated heterocycles. The van der Waals surface area contributed by atoms with Gasteiger partial charge < -0.3 is 10.1 Å². The summed E-state index contributed by atoms with van der Waals surface area (Å²) in [6.07, 6.45) is 2.15. The summed E-state index contributed by atoms with van der Waals surface area (Å²) >= 11 is 0. The van der Waals surface area contributed by atoms with Crippen LogP contribution in [0, 0.1) is 0 Å². The van der Waals surface area contributed by atoms with Crippen LogP contribution in [0.15, 0.2) is 84.9 Å². The number of methoxy groups -OCH3 is 1.